The molecule has 2 aromatic carbocycles. The van der Waals surface area contributed by atoms with Gasteiger partial charge in [-0.1, -0.05) is 49.2 Å². The third kappa shape index (κ3) is 7.04. The molecular formula is C35H45ClN2O5. The Morgan fingerprint density at radius 1 is 1.12 bits per heavy atom. The molecule has 5 rings (SSSR count). The summed E-state index contributed by atoms with van der Waals surface area (Å²) in [6, 6.07) is 12.2. The average molecular weight is 609 g/mol. The van der Waals surface area contributed by atoms with E-state index >= 15 is 0 Å². The number of aryl methyl sites for hydroxylation is 1. The van der Waals surface area contributed by atoms with Crippen LogP contribution in [0.25, 0.3) is 0 Å². The zero-order valence-electron chi connectivity index (χ0n) is 25.9. The summed E-state index contributed by atoms with van der Waals surface area (Å²) in [5.74, 6) is 0.612. The highest BCUT2D eigenvalue weighted by Crippen LogP contribution is 2.44. The Hall–Kier alpha value is -3.03. The van der Waals surface area contributed by atoms with Gasteiger partial charge in [0.2, 0.25) is 5.91 Å². The fourth-order valence-electron chi connectivity index (χ4n) is 6.91. The van der Waals surface area contributed by atoms with Crippen molar-refractivity contribution >= 4 is 29.2 Å². The van der Waals surface area contributed by atoms with Gasteiger partial charge in [-0.2, -0.15) is 0 Å². The van der Waals surface area contributed by atoms with Gasteiger partial charge >= 0.3 is 5.97 Å². The summed E-state index contributed by atoms with van der Waals surface area (Å²) >= 11 is 6.43. The summed E-state index contributed by atoms with van der Waals surface area (Å²) in [7, 11) is 4.96. The molecule has 2 aliphatic heterocycles. The summed E-state index contributed by atoms with van der Waals surface area (Å²) in [4.78, 5) is 30.4. The van der Waals surface area contributed by atoms with Crippen LogP contribution < -0.4 is 9.64 Å². The number of rotatable bonds is 5. The first kappa shape index (κ1) is 31.4. The summed E-state index contributed by atoms with van der Waals surface area (Å²) < 4.78 is 17.7. The Morgan fingerprint density at radius 3 is 2.67 bits per heavy atom. The van der Waals surface area contributed by atoms with Crippen molar-refractivity contribution in [2.24, 2.45) is 11.8 Å². The lowest BCUT2D eigenvalue weighted by Crippen LogP contribution is -2.44. The van der Waals surface area contributed by atoms with Crippen LogP contribution in [-0.2, 0) is 25.5 Å². The topological polar surface area (TPSA) is 68.3 Å². The lowest BCUT2D eigenvalue weighted by atomic mass is 9.70. The lowest BCUT2D eigenvalue weighted by molar-refractivity contribution is -0.145. The highest BCUT2D eigenvalue weighted by Gasteiger charge is 2.39. The fraction of sp³-hybridized carbons (Fsp3) is 0.543. The van der Waals surface area contributed by atoms with Crippen molar-refractivity contribution < 1.29 is 23.8 Å². The molecule has 0 aromatic heterocycles. The third-order valence-electron chi connectivity index (χ3n) is 9.54. The quantitative estimate of drug-likeness (QED) is 0.290. The smallest absolute Gasteiger partial charge is 0.313 e. The Balaban J connectivity index is 1.57. The van der Waals surface area contributed by atoms with Crippen molar-refractivity contribution in [3.05, 3.63) is 70.3 Å². The lowest BCUT2D eigenvalue weighted by Gasteiger charge is -2.43. The molecule has 43 heavy (non-hydrogen) atoms. The van der Waals surface area contributed by atoms with Crippen LogP contribution in [0.2, 0.25) is 5.02 Å². The van der Waals surface area contributed by atoms with Crippen molar-refractivity contribution in [2.75, 3.05) is 52.4 Å². The molecule has 5 atom stereocenters. The summed E-state index contributed by atoms with van der Waals surface area (Å²) in [5.41, 5.74) is 4.27. The molecule has 5 unspecified atom stereocenters. The van der Waals surface area contributed by atoms with Crippen molar-refractivity contribution in [1.29, 1.82) is 0 Å². The second-order valence-corrected chi connectivity index (χ2v) is 12.7. The zero-order chi connectivity index (χ0) is 30.5. The van der Waals surface area contributed by atoms with Gasteiger partial charge in [0.05, 0.1) is 31.4 Å². The van der Waals surface area contributed by atoms with Crippen molar-refractivity contribution in [3.63, 3.8) is 0 Å². The van der Waals surface area contributed by atoms with E-state index in [0.29, 0.717) is 25.0 Å². The molecule has 0 spiro atoms. The number of nitrogens with zero attached hydrogens (tertiary/aromatic N) is 2. The van der Waals surface area contributed by atoms with Gasteiger partial charge in [-0.3, -0.25) is 9.59 Å². The zero-order valence-corrected chi connectivity index (χ0v) is 26.6. The summed E-state index contributed by atoms with van der Waals surface area (Å²) in [6.07, 6.45) is 9.36. The van der Waals surface area contributed by atoms with Crippen LogP contribution in [0.5, 0.6) is 5.75 Å². The molecule has 1 amide bonds. The van der Waals surface area contributed by atoms with E-state index in [4.69, 9.17) is 25.8 Å². The first-order valence-electron chi connectivity index (χ1n) is 15.6. The Kier molecular flexibility index (Phi) is 10.3. The van der Waals surface area contributed by atoms with Gasteiger partial charge in [0.15, 0.2) is 0 Å². The van der Waals surface area contributed by atoms with Gasteiger partial charge in [0.1, 0.15) is 5.75 Å². The normalized spacial score (nSPS) is 26.9. The minimum absolute atomic E-state index is 0.0358. The number of carbonyl (C=O) groups excluding carboxylic acids is 2. The van der Waals surface area contributed by atoms with Crippen LogP contribution in [0.4, 0.5) is 5.69 Å². The van der Waals surface area contributed by atoms with E-state index in [2.05, 4.69) is 42.2 Å². The van der Waals surface area contributed by atoms with E-state index in [1.165, 1.54) is 18.2 Å². The van der Waals surface area contributed by atoms with Crippen LogP contribution in [-0.4, -0.2) is 70.4 Å². The first-order chi connectivity index (χ1) is 20.8. The van der Waals surface area contributed by atoms with E-state index < -0.39 is 11.9 Å². The Labute approximate surface area is 261 Å². The third-order valence-corrected chi connectivity index (χ3v) is 9.78. The molecule has 1 aliphatic carbocycles. The van der Waals surface area contributed by atoms with Gasteiger partial charge in [-0.25, -0.2) is 0 Å². The molecule has 1 fully saturated rings. The van der Waals surface area contributed by atoms with Gasteiger partial charge in [-0.15, -0.1) is 0 Å². The maximum absolute atomic E-state index is 13.2. The molecule has 232 valence electrons. The molecule has 2 heterocycles. The largest absolute Gasteiger partial charge is 0.491 e. The van der Waals surface area contributed by atoms with E-state index in [1.54, 1.807) is 19.1 Å². The van der Waals surface area contributed by atoms with Crippen molar-refractivity contribution in [1.82, 2.24) is 4.90 Å². The summed E-state index contributed by atoms with van der Waals surface area (Å²) in [5, 5.41) is 0.754. The standard InChI is InChI=1S/C35H45ClN2O5/c1-5-8-23-17-27(36)12-14-28(23)26-21-38-20-25-10-13-29(25)32(41-3)9-6-7-16-37(2)34(39)19-30(35(40)42-4)24-11-15-33(43-22-26)31(38)18-24/h6,9,11-12,14-15,17-18,25-26,29-30,32H,5,7-8,10,13,16,19-22H2,1-4H3/b9-6+. The van der Waals surface area contributed by atoms with Crippen molar-refractivity contribution in [3.8, 4) is 5.75 Å². The van der Waals surface area contributed by atoms with Crippen LogP contribution in [0.1, 0.15) is 67.6 Å². The van der Waals surface area contributed by atoms with E-state index in [-0.39, 0.29) is 24.3 Å². The number of carbonyl (C=O) groups is 2. The predicted molar refractivity (Wildman–Crippen MR) is 170 cm³/mol. The monoisotopic (exact) mass is 608 g/mol. The van der Waals surface area contributed by atoms with Crippen LogP contribution >= 0.6 is 11.6 Å². The number of anilines is 1. The Bertz CT molecular complexity index is 1330. The number of amides is 1. The van der Waals surface area contributed by atoms with Crippen LogP contribution in [0, 0.1) is 11.8 Å². The van der Waals surface area contributed by atoms with Gasteiger partial charge < -0.3 is 24.0 Å². The predicted octanol–water partition coefficient (Wildman–Crippen LogP) is 6.38. The maximum atomic E-state index is 13.2. The average Bonchev–Trinajstić information content (AvgIpc) is 3.17. The van der Waals surface area contributed by atoms with Crippen LogP contribution in [0.15, 0.2) is 48.6 Å². The van der Waals surface area contributed by atoms with Gasteiger partial charge in [0, 0.05) is 51.2 Å². The molecule has 2 bridgehead atoms. The highest BCUT2D eigenvalue weighted by molar-refractivity contribution is 6.30. The number of benzene rings is 2. The first-order valence-corrected chi connectivity index (χ1v) is 16.0. The molecule has 0 N–H and O–H groups in total. The van der Waals surface area contributed by atoms with E-state index in [0.717, 1.165) is 67.2 Å². The minimum atomic E-state index is -0.698. The number of esters is 1. The number of hydrogen-bond acceptors (Lipinski definition) is 6. The Morgan fingerprint density at radius 2 is 1.95 bits per heavy atom. The molecule has 2 aromatic rings. The molecule has 3 aliphatic rings. The second kappa shape index (κ2) is 14.2. The fourth-order valence-corrected chi connectivity index (χ4v) is 7.11. The minimum Gasteiger partial charge on any atom is -0.491 e. The number of methoxy groups -OCH3 is 2. The molecule has 0 saturated heterocycles. The molecular weight excluding hydrogens is 564 g/mol. The summed E-state index contributed by atoms with van der Waals surface area (Å²) in [6.45, 7) is 4.94. The molecule has 1 saturated carbocycles. The van der Waals surface area contributed by atoms with Gasteiger partial charge in [0.25, 0.3) is 0 Å². The van der Waals surface area contributed by atoms with Gasteiger partial charge in [-0.05, 0) is 78.5 Å². The second-order valence-electron chi connectivity index (χ2n) is 12.2. The van der Waals surface area contributed by atoms with E-state index in [1.807, 2.05) is 18.2 Å². The van der Waals surface area contributed by atoms with E-state index in [9.17, 15) is 9.59 Å². The molecule has 0 radical (unpaired) electrons. The maximum Gasteiger partial charge on any atom is 0.313 e. The number of ether oxygens (including phenoxy) is 3. The van der Waals surface area contributed by atoms with Crippen LogP contribution in [0.3, 0.4) is 0 Å². The number of hydrogen-bond donors (Lipinski definition) is 0. The van der Waals surface area contributed by atoms with Crippen molar-refractivity contribution in [2.45, 2.75) is 63.4 Å². The molecule has 8 heteroatoms. The number of halogens is 1. The highest BCUT2D eigenvalue weighted by atomic mass is 35.5. The number of fused-ring (bicyclic) bond motifs is 2. The SMILES string of the molecule is CCCc1cc(Cl)ccc1C1COc2ccc3cc2N(C1)CC1CCC1C(OC)/C=C/CCN(C)C(=O)CC3C(=O)OC. The molecule has 7 nitrogen and oxygen atoms in total.